The highest BCUT2D eigenvalue weighted by Gasteiger charge is 2.04. The Labute approximate surface area is 90.4 Å². The maximum atomic E-state index is 12.9. The first-order valence-electron chi connectivity index (χ1n) is 5.23. The first-order chi connectivity index (χ1) is 7.26. The van der Waals surface area contributed by atoms with Gasteiger partial charge in [-0.1, -0.05) is 19.1 Å². The summed E-state index contributed by atoms with van der Waals surface area (Å²) in [6.07, 6.45) is 1.00. The van der Waals surface area contributed by atoms with E-state index in [4.69, 9.17) is 4.74 Å². The van der Waals surface area contributed by atoms with Crippen molar-refractivity contribution in [2.45, 2.75) is 25.9 Å². The van der Waals surface area contributed by atoms with E-state index in [0.29, 0.717) is 19.2 Å². The Balaban J connectivity index is 2.41. The zero-order valence-electron chi connectivity index (χ0n) is 9.29. The van der Waals surface area contributed by atoms with E-state index in [2.05, 4.69) is 12.2 Å². The Kier molecular flexibility index (Phi) is 5.29. The number of methoxy groups -OCH3 is 1. The smallest absolute Gasteiger partial charge is 0.123 e. The van der Waals surface area contributed by atoms with Crippen molar-refractivity contribution >= 4 is 0 Å². The van der Waals surface area contributed by atoms with Crippen LogP contribution in [-0.4, -0.2) is 19.8 Å². The number of ether oxygens (including phenoxy) is 1. The maximum Gasteiger partial charge on any atom is 0.123 e. The lowest BCUT2D eigenvalue weighted by Gasteiger charge is -2.15. The van der Waals surface area contributed by atoms with E-state index < -0.39 is 0 Å². The quantitative estimate of drug-likeness (QED) is 0.779. The third-order valence-corrected chi connectivity index (χ3v) is 2.34. The van der Waals surface area contributed by atoms with E-state index in [1.807, 2.05) is 6.07 Å². The minimum atomic E-state index is -0.186. The fourth-order valence-electron chi connectivity index (χ4n) is 1.43. The molecule has 0 saturated heterocycles. The van der Waals surface area contributed by atoms with Gasteiger partial charge in [-0.3, -0.25) is 0 Å². The van der Waals surface area contributed by atoms with Crippen LogP contribution in [0.1, 0.15) is 18.9 Å². The Morgan fingerprint density at radius 1 is 1.47 bits per heavy atom. The number of nitrogens with one attached hydrogen (secondary N) is 1. The van der Waals surface area contributed by atoms with Crippen molar-refractivity contribution in [1.82, 2.24) is 5.32 Å². The molecule has 1 rings (SSSR count). The second kappa shape index (κ2) is 6.53. The van der Waals surface area contributed by atoms with Crippen LogP contribution in [0.25, 0.3) is 0 Å². The molecule has 0 heterocycles. The third kappa shape index (κ3) is 4.40. The highest BCUT2D eigenvalue weighted by Crippen LogP contribution is 2.04. The van der Waals surface area contributed by atoms with E-state index >= 15 is 0 Å². The van der Waals surface area contributed by atoms with Crippen molar-refractivity contribution < 1.29 is 9.13 Å². The molecule has 0 amide bonds. The second-order valence-corrected chi connectivity index (χ2v) is 3.57. The molecule has 84 valence electrons. The van der Waals surface area contributed by atoms with Gasteiger partial charge < -0.3 is 10.1 Å². The maximum absolute atomic E-state index is 12.9. The molecule has 1 atom stereocenters. The van der Waals surface area contributed by atoms with Crippen LogP contribution in [0.2, 0.25) is 0 Å². The monoisotopic (exact) mass is 211 g/mol. The van der Waals surface area contributed by atoms with Crippen LogP contribution in [0, 0.1) is 5.82 Å². The fraction of sp³-hybridized carbons (Fsp3) is 0.500. The second-order valence-electron chi connectivity index (χ2n) is 3.57. The number of benzene rings is 1. The summed E-state index contributed by atoms with van der Waals surface area (Å²) in [5.41, 5.74) is 0.963. The standard InChI is InChI=1S/C12H18FNO/c1-3-12(9-15-2)14-8-10-5-4-6-11(13)7-10/h4-7,12,14H,3,8-9H2,1-2H3. The Morgan fingerprint density at radius 3 is 2.87 bits per heavy atom. The van der Waals surface area contributed by atoms with Crippen LogP contribution in [0.3, 0.4) is 0 Å². The third-order valence-electron chi connectivity index (χ3n) is 2.34. The average Bonchev–Trinajstić information content (AvgIpc) is 2.24. The van der Waals surface area contributed by atoms with Crippen LogP contribution in [0.15, 0.2) is 24.3 Å². The highest BCUT2D eigenvalue weighted by molar-refractivity contribution is 5.16. The van der Waals surface area contributed by atoms with Gasteiger partial charge >= 0.3 is 0 Å². The van der Waals surface area contributed by atoms with Crippen molar-refractivity contribution in [2.24, 2.45) is 0 Å². The highest BCUT2D eigenvalue weighted by atomic mass is 19.1. The molecular weight excluding hydrogens is 193 g/mol. The summed E-state index contributed by atoms with van der Waals surface area (Å²) in [5.74, 6) is -0.186. The molecule has 0 aliphatic heterocycles. The summed E-state index contributed by atoms with van der Waals surface area (Å²) in [4.78, 5) is 0. The molecule has 0 saturated carbocycles. The predicted molar refractivity (Wildman–Crippen MR) is 59.2 cm³/mol. The minimum Gasteiger partial charge on any atom is -0.383 e. The Hall–Kier alpha value is -0.930. The van der Waals surface area contributed by atoms with Crippen molar-refractivity contribution in [3.8, 4) is 0 Å². The predicted octanol–water partition coefficient (Wildman–Crippen LogP) is 2.34. The molecule has 1 N–H and O–H groups in total. The molecule has 3 heteroatoms. The van der Waals surface area contributed by atoms with Gasteiger partial charge in [0.15, 0.2) is 0 Å². The summed E-state index contributed by atoms with van der Waals surface area (Å²) in [6.45, 7) is 3.47. The van der Waals surface area contributed by atoms with Crippen molar-refractivity contribution in [3.63, 3.8) is 0 Å². The van der Waals surface area contributed by atoms with Gasteiger partial charge in [0.2, 0.25) is 0 Å². The van der Waals surface area contributed by atoms with E-state index in [1.165, 1.54) is 6.07 Å². The molecule has 0 aromatic heterocycles. The van der Waals surface area contributed by atoms with Gasteiger partial charge in [0.25, 0.3) is 0 Å². The number of hydrogen-bond acceptors (Lipinski definition) is 2. The molecule has 1 unspecified atom stereocenters. The lowest BCUT2D eigenvalue weighted by atomic mass is 10.2. The summed E-state index contributed by atoms with van der Waals surface area (Å²) in [5, 5.41) is 3.32. The van der Waals surface area contributed by atoms with Crippen molar-refractivity contribution in [2.75, 3.05) is 13.7 Å². The van der Waals surface area contributed by atoms with Crippen LogP contribution < -0.4 is 5.32 Å². The van der Waals surface area contributed by atoms with Crippen molar-refractivity contribution in [1.29, 1.82) is 0 Å². The molecule has 0 spiro atoms. The fourth-order valence-corrected chi connectivity index (χ4v) is 1.43. The topological polar surface area (TPSA) is 21.3 Å². The van der Waals surface area contributed by atoms with Gasteiger partial charge in [-0.25, -0.2) is 4.39 Å². The normalized spacial score (nSPS) is 12.7. The molecular formula is C12H18FNO. The SMILES string of the molecule is CCC(COC)NCc1cccc(F)c1. The van der Waals surface area contributed by atoms with E-state index in [9.17, 15) is 4.39 Å². The number of halogens is 1. The van der Waals surface area contributed by atoms with Gasteiger partial charge in [0.1, 0.15) is 5.82 Å². The molecule has 1 aromatic carbocycles. The molecule has 1 aromatic rings. The summed E-state index contributed by atoms with van der Waals surface area (Å²) in [6, 6.07) is 6.97. The first kappa shape index (κ1) is 12.1. The molecule has 15 heavy (non-hydrogen) atoms. The lowest BCUT2D eigenvalue weighted by molar-refractivity contribution is 0.164. The van der Waals surface area contributed by atoms with Crippen molar-refractivity contribution in [3.05, 3.63) is 35.6 Å². The Morgan fingerprint density at radius 2 is 2.27 bits per heavy atom. The molecule has 0 aliphatic rings. The van der Waals surface area contributed by atoms with E-state index in [1.54, 1.807) is 19.2 Å². The first-order valence-corrected chi connectivity index (χ1v) is 5.23. The van der Waals surface area contributed by atoms with Gasteiger partial charge in [0, 0.05) is 19.7 Å². The molecule has 2 nitrogen and oxygen atoms in total. The van der Waals surface area contributed by atoms with Gasteiger partial charge in [0.05, 0.1) is 6.61 Å². The van der Waals surface area contributed by atoms with Crippen LogP contribution in [-0.2, 0) is 11.3 Å². The van der Waals surface area contributed by atoms with Crippen LogP contribution >= 0.6 is 0 Å². The Bertz CT molecular complexity index is 291. The minimum absolute atomic E-state index is 0.186. The largest absolute Gasteiger partial charge is 0.383 e. The van der Waals surface area contributed by atoms with Crippen LogP contribution in [0.5, 0.6) is 0 Å². The molecule has 0 fully saturated rings. The molecule has 0 aliphatic carbocycles. The van der Waals surface area contributed by atoms with Gasteiger partial charge in [-0.05, 0) is 24.1 Å². The lowest BCUT2D eigenvalue weighted by Crippen LogP contribution is -2.31. The summed E-state index contributed by atoms with van der Waals surface area (Å²) >= 11 is 0. The average molecular weight is 211 g/mol. The van der Waals surface area contributed by atoms with Gasteiger partial charge in [-0.15, -0.1) is 0 Å². The van der Waals surface area contributed by atoms with Gasteiger partial charge in [-0.2, -0.15) is 0 Å². The van der Waals surface area contributed by atoms with E-state index in [-0.39, 0.29) is 5.82 Å². The zero-order valence-corrected chi connectivity index (χ0v) is 9.29. The number of hydrogen-bond donors (Lipinski definition) is 1. The van der Waals surface area contributed by atoms with Crippen LogP contribution in [0.4, 0.5) is 4.39 Å². The molecule has 0 bridgehead atoms. The summed E-state index contributed by atoms with van der Waals surface area (Å²) in [7, 11) is 1.69. The van der Waals surface area contributed by atoms with E-state index in [0.717, 1.165) is 12.0 Å². The molecule has 0 radical (unpaired) electrons. The summed E-state index contributed by atoms with van der Waals surface area (Å²) < 4.78 is 17.9. The zero-order chi connectivity index (χ0) is 11.1. The number of rotatable bonds is 6.